The molecule has 3 amide bonds. The van der Waals surface area contributed by atoms with Crippen LogP contribution in [0.3, 0.4) is 0 Å². The molecule has 25 heavy (non-hydrogen) atoms. The van der Waals surface area contributed by atoms with Gasteiger partial charge in [0.2, 0.25) is 11.8 Å². The van der Waals surface area contributed by atoms with Crippen LogP contribution in [0.25, 0.3) is 0 Å². The molecule has 3 rings (SSSR count). The van der Waals surface area contributed by atoms with Crippen molar-refractivity contribution in [3.63, 3.8) is 0 Å². The number of rotatable bonds is 2. The Hall–Kier alpha value is -2.31. The first-order valence-electron chi connectivity index (χ1n) is 8.85. The molecule has 2 aliphatic heterocycles. The Balaban J connectivity index is 1.60. The first-order chi connectivity index (χ1) is 12.0. The van der Waals surface area contributed by atoms with E-state index in [1.165, 1.54) is 6.26 Å². The van der Waals surface area contributed by atoms with E-state index in [0.717, 1.165) is 12.8 Å². The Labute approximate surface area is 147 Å². The van der Waals surface area contributed by atoms with Gasteiger partial charge < -0.3 is 19.1 Å². The van der Waals surface area contributed by atoms with Crippen molar-refractivity contribution in [3.05, 3.63) is 23.7 Å². The van der Waals surface area contributed by atoms with Crippen molar-refractivity contribution in [2.75, 3.05) is 39.3 Å². The average molecular weight is 347 g/mol. The number of carbonyl (C=O) groups excluding carboxylic acids is 3. The molecule has 0 unspecified atom stereocenters. The maximum Gasteiger partial charge on any atom is 0.257 e. The van der Waals surface area contributed by atoms with Crippen LogP contribution in [0, 0.1) is 12.8 Å². The quantitative estimate of drug-likeness (QED) is 0.804. The molecule has 0 saturated carbocycles. The summed E-state index contributed by atoms with van der Waals surface area (Å²) in [6.45, 7) is 6.78. The summed E-state index contributed by atoms with van der Waals surface area (Å²) in [6.07, 6.45) is 3.15. The Morgan fingerprint density at radius 3 is 2.32 bits per heavy atom. The van der Waals surface area contributed by atoms with Gasteiger partial charge in [0.15, 0.2) is 0 Å². The molecule has 1 atom stereocenters. The van der Waals surface area contributed by atoms with E-state index in [9.17, 15) is 14.4 Å². The number of piperidine rings is 1. The van der Waals surface area contributed by atoms with Crippen LogP contribution in [0.4, 0.5) is 0 Å². The first kappa shape index (κ1) is 17.5. The maximum absolute atomic E-state index is 12.8. The molecule has 2 saturated heterocycles. The zero-order valence-corrected chi connectivity index (χ0v) is 14.9. The molecular formula is C18H25N3O4. The van der Waals surface area contributed by atoms with Crippen molar-refractivity contribution in [2.24, 2.45) is 5.92 Å². The first-order valence-corrected chi connectivity index (χ1v) is 8.85. The highest BCUT2D eigenvalue weighted by atomic mass is 16.3. The standard InChI is InChI=1S/C18H25N3O4/c1-13-16(5-11-25-13)18(24)21-6-3-4-15(12-21)17(23)20-9-7-19(8-10-20)14(2)22/h5,11,15H,3-4,6-10,12H2,1-2H3/t15-/m0/s1. The molecule has 1 aromatic heterocycles. The van der Waals surface area contributed by atoms with Gasteiger partial charge in [0, 0.05) is 46.2 Å². The maximum atomic E-state index is 12.8. The van der Waals surface area contributed by atoms with Crippen molar-refractivity contribution >= 4 is 17.7 Å². The van der Waals surface area contributed by atoms with Crippen LogP contribution in [-0.4, -0.2) is 71.7 Å². The van der Waals surface area contributed by atoms with E-state index in [-0.39, 0.29) is 23.6 Å². The highest BCUT2D eigenvalue weighted by molar-refractivity contribution is 5.95. The number of furan rings is 1. The zero-order chi connectivity index (χ0) is 18.0. The van der Waals surface area contributed by atoms with Gasteiger partial charge in [-0.3, -0.25) is 14.4 Å². The number of likely N-dealkylation sites (tertiary alicyclic amines) is 1. The molecule has 0 aliphatic carbocycles. The Morgan fingerprint density at radius 2 is 1.72 bits per heavy atom. The normalized spacial score (nSPS) is 21.4. The van der Waals surface area contributed by atoms with Gasteiger partial charge in [-0.05, 0) is 25.8 Å². The van der Waals surface area contributed by atoms with Crippen molar-refractivity contribution in [3.8, 4) is 0 Å². The topological polar surface area (TPSA) is 74.1 Å². The molecule has 7 nitrogen and oxygen atoms in total. The van der Waals surface area contributed by atoms with E-state index in [1.54, 1.807) is 29.7 Å². The second-order valence-corrected chi connectivity index (χ2v) is 6.81. The van der Waals surface area contributed by atoms with E-state index >= 15 is 0 Å². The smallest absolute Gasteiger partial charge is 0.257 e. The predicted molar refractivity (Wildman–Crippen MR) is 90.9 cm³/mol. The summed E-state index contributed by atoms with van der Waals surface area (Å²) in [5.74, 6) is 0.541. The van der Waals surface area contributed by atoms with Gasteiger partial charge in [-0.2, -0.15) is 0 Å². The molecule has 0 radical (unpaired) electrons. The SMILES string of the molecule is CC(=O)N1CCN(C(=O)[C@H]2CCCN(C(=O)c3ccoc3C)C2)CC1. The van der Waals surface area contributed by atoms with E-state index in [2.05, 4.69) is 0 Å². The van der Waals surface area contributed by atoms with Gasteiger partial charge in [-0.15, -0.1) is 0 Å². The fourth-order valence-electron chi connectivity index (χ4n) is 3.64. The fraction of sp³-hybridized carbons (Fsp3) is 0.611. The lowest BCUT2D eigenvalue weighted by Crippen LogP contribution is -2.53. The minimum absolute atomic E-state index is 0.0528. The molecule has 0 bridgehead atoms. The second kappa shape index (κ2) is 7.29. The lowest BCUT2D eigenvalue weighted by atomic mass is 9.95. The van der Waals surface area contributed by atoms with Crippen LogP contribution in [0.2, 0.25) is 0 Å². The molecular weight excluding hydrogens is 322 g/mol. The van der Waals surface area contributed by atoms with E-state index in [0.29, 0.717) is 50.6 Å². The Kier molecular flexibility index (Phi) is 5.11. The number of aryl methyl sites for hydroxylation is 1. The Bertz CT molecular complexity index is 661. The van der Waals surface area contributed by atoms with Crippen LogP contribution < -0.4 is 0 Å². The van der Waals surface area contributed by atoms with Crippen LogP contribution in [-0.2, 0) is 9.59 Å². The average Bonchev–Trinajstić information content (AvgIpc) is 3.06. The number of carbonyl (C=O) groups is 3. The molecule has 2 fully saturated rings. The summed E-state index contributed by atoms with van der Waals surface area (Å²) >= 11 is 0. The highest BCUT2D eigenvalue weighted by Gasteiger charge is 2.33. The minimum atomic E-state index is -0.159. The summed E-state index contributed by atoms with van der Waals surface area (Å²) in [7, 11) is 0. The molecule has 3 heterocycles. The summed E-state index contributed by atoms with van der Waals surface area (Å²) in [6, 6.07) is 1.68. The van der Waals surface area contributed by atoms with Crippen molar-refractivity contribution in [2.45, 2.75) is 26.7 Å². The summed E-state index contributed by atoms with van der Waals surface area (Å²) in [4.78, 5) is 42.2. The third-order valence-corrected chi connectivity index (χ3v) is 5.18. The molecule has 0 aromatic carbocycles. The lowest BCUT2D eigenvalue weighted by Gasteiger charge is -2.38. The molecule has 0 N–H and O–H groups in total. The number of hydrogen-bond donors (Lipinski definition) is 0. The van der Waals surface area contributed by atoms with Crippen molar-refractivity contribution in [1.82, 2.24) is 14.7 Å². The van der Waals surface area contributed by atoms with E-state index in [1.807, 2.05) is 4.90 Å². The minimum Gasteiger partial charge on any atom is -0.469 e. The van der Waals surface area contributed by atoms with Crippen LogP contribution in [0.1, 0.15) is 35.9 Å². The van der Waals surface area contributed by atoms with Gasteiger partial charge >= 0.3 is 0 Å². The second-order valence-electron chi connectivity index (χ2n) is 6.81. The number of piperazine rings is 1. The predicted octanol–water partition coefficient (Wildman–Crippen LogP) is 1.13. The van der Waals surface area contributed by atoms with Gasteiger partial charge in [-0.1, -0.05) is 0 Å². The fourth-order valence-corrected chi connectivity index (χ4v) is 3.64. The largest absolute Gasteiger partial charge is 0.469 e. The number of nitrogens with zero attached hydrogens (tertiary/aromatic N) is 3. The van der Waals surface area contributed by atoms with Crippen LogP contribution in [0.15, 0.2) is 16.7 Å². The molecule has 1 aromatic rings. The van der Waals surface area contributed by atoms with Gasteiger partial charge in [0.1, 0.15) is 5.76 Å². The zero-order valence-electron chi connectivity index (χ0n) is 14.9. The third kappa shape index (κ3) is 3.70. The molecule has 2 aliphatic rings. The highest BCUT2D eigenvalue weighted by Crippen LogP contribution is 2.22. The number of amides is 3. The van der Waals surface area contributed by atoms with Crippen LogP contribution in [0.5, 0.6) is 0 Å². The monoisotopic (exact) mass is 347 g/mol. The molecule has 136 valence electrons. The third-order valence-electron chi connectivity index (χ3n) is 5.18. The van der Waals surface area contributed by atoms with Crippen LogP contribution >= 0.6 is 0 Å². The Morgan fingerprint density at radius 1 is 1.04 bits per heavy atom. The van der Waals surface area contributed by atoms with E-state index < -0.39 is 0 Å². The molecule has 0 spiro atoms. The molecule has 7 heteroatoms. The van der Waals surface area contributed by atoms with Crippen molar-refractivity contribution in [1.29, 1.82) is 0 Å². The lowest BCUT2D eigenvalue weighted by molar-refractivity contribution is -0.142. The van der Waals surface area contributed by atoms with Gasteiger partial charge in [-0.25, -0.2) is 0 Å². The van der Waals surface area contributed by atoms with Gasteiger partial charge in [0.05, 0.1) is 17.7 Å². The number of hydrogen-bond acceptors (Lipinski definition) is 4. The van der Waals surface area contributed by atoms with Gasteiger partial charge in [0.25, 0.3) is 5.91 Å². The summed E-state index contributed by atoms with van der Waals surface area (Å²) < 4.78 is 5.22. The summed E-state index contributed by atoms with van der Waals surface area (Å²) in [5, 5.41) is 0. The summed E-state index contributed by atoms with van der Waals surface area (Å²) in [5.41, 5.74) is 0.572. The van der Waals surface area contributed by atoms with Crippen molar-refractivity contribution < 1.29 is 18.8 Å². The van der Waals surface area contributed by atoms with E-state index in [4.69, 9.17) is 4.42 Å².